The van der Waals surface area contributed by atoms with Crippen molar-refractivity contribution in [3.8, 4) is 0 Å². The lowest BCUT2D eigenvalue weighted by atomic mass is 10.1. The second kappa shape index (κ2) is 9.05. The van der Waals surface area contributed by atoms with E-state index in [4.69, 9.17) is 4.74 Å². The van der Waals surface area contributed by atoms with Crippen molar-refractivity contribution in [2.45, 2.75) is 65.4 Å². The molecule has 1 atom stereocenters. The molecule has 0 heterocycles. The van der Waals surface area contributed by atoms with Crippen molar-refractivity contribution in [1.82, 2.24) is 0 Å². The van der Waals surface area contributed by atoms with Crippen LogP contribution in [-0.4, -0.2) is 12.7 Å². The van der Waals surface area contributed by atoms with Gasteiger partial charge in [0, 0.05) is 6.61 Å². The maximum absolute atomic E-state index is 5.57. The molecule has 0 aliphatic rings. The van der Waals surface area contributed by atoms with E-state index >= 15 is 0 Å². The molecule has 0 aromatic rings. The predicted octanol–water partition coefficient (Wildman–Crippen LogP) is 3.77. The Bertz CT molecular complexity index is 81.1. The normalized spacial score (nSPS) is 13.2. The third kappa shape index (κ3) is 8.06. The largest absolute Gasteiger partial charge is 0.379 e. The molecule has 1 nitrogen and oxygen atoms in total. The summed E-state index contributed by atoms with van der Waals surface area (Å²) < 4.78 is 5.57. The van der Waals surface area contributed by atoms with Gasteiger partial charge in [-0.3, -0.25) is 0 Å². The molecule has 0 bridgehead atoms. The van der Waals surface area contributed by atoms with Crippen molar-refractivity contribution < 1.29 is 4.74 Å². The summed E-state index contributed by atoms with van der Waals surface area (Å²) in [5.41, 5.74) is 0. The highest BCUT2D eigenvalue weighted by atomic mass is 16.5. The lowest BCUT2D eigenvalue weighted by Gasteiger charge is -2.11. The van der Waals surface area contributed by atoms with Gasteiger partial charge in [-0.1, -0.05) is 39.5 Å². The van der Waals surface area contributed by atoms with E-state index in [2.05, 4.69) is 20.8 Å². The Labute approximate surface area is 77.5 Å². The number of hydrogen-bond donors (Lipinski definition) is 0. The average Bonchev–Trinajstić information content (AvgIpc) is 2.09. The van der Waals surface area contributed by atoms with Gasteiger partial charge in [0.15, 0.2) is 0 Å². The summed E-state index contributed by atoms with van der Waals surface area (Å²) in [6.07, 6.45) is 8.25. The van der Waals surface area contributed by atoms with Crippen LogP contribution in [0.25, 0.3) is 0 Å². The second-order valence-corrected chi connectivity index (χ2v) is 3.53. The molecule has 74 valence electrons. The van der Waals surface area contributed by atoms with Gasteiger partial charge in [0.05, 0.1) is 6.10 Å². The Balaban J connectivity index is 3.02. The van der Waals surface area contributed by atoms with E-state index in [0.717, 1.165) is 13.0 Å². The molecule has 0 radical (unpaired) electrons. The predicted molar refractivity (Wildman–Crippen MR) is 54.5 cm³/mol. The summed E-state index contributed by atoms with van der Waals surface area (Å²) >= 11 is 0. The molecule has 0 aromatic heterocycles. The third-order valence-corrected chi connectivity index (χ3v) is 2.07. The number of ether oxygens (including phenoxy) is 1. The summed E-state index contributed by atoms with van der Waals surface area (Å²) in [5.74, 6) is 0. The quantitative estimate of drug-likeness (QED) is 0.506. The molecule has 1 unspecified atom stereocenters. The van der Waals surface area contributed by atoms with Gasteiger partial charge in [0.1, 0.15) is 0 Å². The van der Waals surface area contributed by atoms with Crippen LogP contribution in [0.4, 0.5) is 0 Å². The number of unbranched alkanes of at least 4 members (excludes halogenated alkanes) is 3. The van der Waals surface area contributed by atoms with Crippen molar-refractivity contribution in [3.05, 3.63) is 0 Å². The lowest BCUT2D eigenvalue weighted by Crippen LogP contribution is -2.08. The molecule has 0 rings (SSSR count). The topological polar surface area (TPSA) is 9.23 Å². The minimum absolute atomic E-state index is 0.474. The smallest absolute Gasteiger partial charge is 0.0547 e. The zero-order chi connectivity index (χ0) is 9.23. The van der Waals surface area contributed by atoms with Crippen molar-refractivity contribution in [3.63, 3.8) is 0 Å². The Morgan fingerprint density at radius 3 is 2.33 bits per heavy atom. The highest BCUT2D eigenvalue weighted by Crippen LogP contribution is 2.07. The van der Waals surface area contributed by atoms with Crippen molar-refractivity contribution in [2.75, 3.05) is 6.61 Å². The SMILES string of the molecule is CCCCCCC(C)OCCC. The van der Waals surface area contributed by atoms with Gasteiger partial charge in [-0.15, -0.1) is 0 Å². The van der Waals surface area contributed by atoms with Crippen LogP contribution in [0.5, 0.6) is 0 Å². The highest BCUT2D eigenvalue weighted by molar-refractivity contribution is 4.51. The van der Waals surface area contributed by atoms with E-state index in [1.165, 1.54) is 32.1 Å². The van der Waals surface area contributed by atoms with Gasteiger partial charge in [-0.2, -0.15) is 0 Å². The first-order chi connectivity index (χ1) is 5.81. The van der Waals surface area contributed by atoms with E-state index in [-0.39, 0.29) is 0 Å². The molecule has 0 aliphatic carbocycles. The van der Waals surface area contributed by atoms with Crippen LogP contribution in [-0.2, 0) is 4.74 Å². The van der Waals surface area contributed by atoms with Gasteiger partial charge < -0.3 is 4.74 Å². The van der Waals surface area contributed by atoms with Crippen molar-refractivity contribution in [2.24, 2.45) is 0 Å². The molecule has 0 fully saturated rings. The molecule has 0 spiro atoms. The zero-order valence-corrected chi connectivity index (χ0v) is 8.94. The third-order valence-electron chi connectivity index (χ3n) is 2.07. The van der Waals surface area contributed by atoms with Gasteiger partial charge in [-0.25, -0.2) is 0 Å². The standard InChI is InChI=1S/C11H24O/c1-4-6-7-8-9-11(3)12-10-5-2/h11H,4-10H2,1-3H3. The van der Waals surface area contributed by atoms with Crippen molar-refractivity contribution >= 4 is 0 Å². The molecule has 0 N–H and O–H groups in total. The summed E-state index contributed by atoms with van der Waals surface area (Å²) in [5, 5.41) is 0. The van der Waals surface area contributed by atoms with Crippen LogP contribution in [0.1, 0.15) is 59.3 Å². The summed E-state index contributed by atoms with van der Waals surface area (Å²) in [6.45, 7) is 7.51. The summed E-state index contributed by atoms with van der Waals surface area (Å²) in [7, 11) is 0. The molecule has 0 aliphatic heterocycles. The van der Waals surface area contributed by atoms with Crippen molar-refractivity contribution in [1.29, 1.82) is 0 Å². The maximum Gasteiger partial charge on any atom is 0.0547 e. The van der Waals surface area contributed by atoms with Gasteiger partial charge in [0.25, 0.3) is 0 Å². The van der Waals surface area contributed by atoms with Gasteiger partial charge in [-0.05, 0) is 19.8 Å². The fourth-order valence-electron chi connectivity index (χ4n) is 1.26. The Hall–Kier alpha value is -0.0400. The molecular weight excluding hydrogens is 148 g/mol. The van der Waals surface area contributed by atoms with Crippen LogP contribution in [0.15, 0.2) is 0 Å². The van der Waals surface area contributed by atoms with Crippen LogP contribution in [0.2, 0.25) is 0 Å². The molecule has 0 aromatic carbocycles. The summed E-state index contributed by atoms with van der Waals surface area (Å²) in [6, 6.07) is 0. The Morgan fingerprint density at radius 1 is 1.00 bits per heavy atom. The first kappa shape index (κ1) is 12.0. The van der Waals surface area contributed by atoms with E-state index < -0.39 is 0 Å². The Kier molecular flexibility index (Phi) is 9.02. The summed E-state index contributed by atoms with van der Waals surface area (Å²) in [4.78, 5) is 0. The van der Waals surface area contributed by atoms with Crippen LogP contribution in [0.3, 0.4) is 0 Å². The molecule has 0 saturated heterocycles. The number of rotatable bonds is 8. The minimum Gasteiger partial charge on any atom is -0.379 e. The zero-order valence-electron chi connectivity index (χ0n) is 8.94. The van der Waals surface area contributed by atoms with E-state index in [1.807, 2.05) is 0 Å². The highest BCUT2D eigenvalue weighted by Gasteiger charge is 1.99. The molecule has 12 heavy (non-hydrogen) atoms. The molecule has 0 saturated carbocycles. The average molecular weight is 172 g/mol. The molecule has 1 heteroatoms. The fraction of sp³-hybridized carbons (Fsp3) is 1.00. The van der Waals surface area contributed by atoms with Crippen LogP contribution < -0.4 is 0 Å². The van der Waals surface area contributed by atoms with Gasteiger partial charge in [0.2, 0.25) is 0 Å². The Morgan fingerprint density at radius 2 is 1.75 bits per heavy atom. The molecular formula is C11H24O. The van der Waals surface area contributed by atoms with Crippen LogP contribution >= 0.6 is 0 Å². The minimum atomic E-state index is 0.474. The second-order valence-electron chi connectivity index (χ2n) is 3.53. The maximum atomic E-state index is 5.57. The van der Waals surface area contributed by atoms with Gasteiger partial charge >= 0.3 is 0 Å². The van der Waals surface area contributed by atoms with Crippen LogP contribution in [0, 0.1) is 0 Å². The monoisotopic (exact) mass is 172 g/mol. The first-order valence-electron chi connectivity index (χ1n) is 5.42. The number of hydrogen-bond acceptors (Lipinski definition) is 1. The van der Waals surface area contributed by atoms with E-state index in [9.17, 15) is 0 Å². The van der Waals surface area contributed by atoms with E-state index in [0.29, 0.717) is 6.10 Å². The first-order valence-corrected chi connectivity index (χ1v) is 5.42. The fourth-order valence-corrected chi connectivity index (χ4v) is 1.26. The van der Waals surface area contributed by atoms with E-state index in [1.54, 1.807) is 0 Å². The lowest BCUT2D eigenvalue weighted by molar-refractivity contribution is 0.0590. The molecule has 0 amide bonds.